The van der Waals surface area contributed by atoms with E-state index >= 15 is 0 Å². The summed E-state index contributed by atoms with van der Waals surface area (Å²) >= 11 is 0. The summed E-state index contributed by atoms with van der Waals surface area (Å²) in [6, 6.07) is 9.45. The smallest absolute Gasteiger partial charge is 0.341 e. The fraction of sp³-hybridized carbons (Fsp3) is 0.421. The molecule has 0 amide bonds. The molecule has 2 aromatic carbocycles. The average molecular weight is 329 g/mol. The number of benzene rings is 2. The molecule has 3 rings (SSSR count). The summed E-state index contributed by atoms with van der Waals surface area (Å²) in [7, 11) is 1.32. The lowest BCUT2D eigenvalue weighted by Crippen LogP contribution is -2.44. The van der Waals surface area contributed by atoms with Crippen LogP contribution in [0.5, 0.6) is 5.75 Å². The number of phenolic OH excluding ortho intramolecular Hbond substituents is 1. The molecule has 5 nitrogen and oxygen atoms in total. The second-order valence-electron chi connectivity index (χ2n) is 6.42. The summed E-state index contributed by atoms with van der Waals surface area (Å²) in [5.74, 6) is -0.518. The van der Waals surface area contributed by atoms with Crippen molar-refractivity contribution in [1.82, 2.24) is 4.90 Å². The van der Waals surface area contributed by atoms with Gasteiger partial charge in [0.15, 0.2) is 0 Å². The summed E-state index contributed by atoms with van der Waals surface area (Å²) in [4.78, 5) is 14.3. The van der Waals surface area contributed by atoms with E-state index in [0.29, 0.717) is 6.54 Å². The fourth-order valence-electron chi connectivity index (χ4n) is 3.47. The van der Waals surface area contributed by atoms with Crippen LogP contribution in [0.2, 0.25) is 0 Å². The highest BCUT2D eigenvalue weighted by Crippen LogP contribution is 2.33. The van der Waals surface area contributed by atoms with Gasteiger partial charge in [0, 0.05) is 25.2 Å². The van der Waals surface area contributed by atoms with Gasteiger partial charge in [0.25, 0.3) is 0 Å². The minimum absolute atomic E-state index is 0.00680. The first-order valence-corrected chi connectivity index (χ1v) is 8.19. The molecule has 0 unspecified atom stereocenters. The van der Waals surface area contributed by atoms with Gasteiger partial charge in [-0.05, 0) is 30.7 Å². The number of morpholine rings is 1. The maximum Gasteiger partial charge on any atom is 0.341 e. The maximum atomic E-state index is 12.0. The van der Waals surface area contributed by atoms with Crippen molar-refractivity contribution in [2.75, 3.05) is 20.2 Å². The normalized spacial score (nSPS) is 21.8. The highest BCUT2D eigenvalue weighted by molar-refractivity contribution is 6.00. The highest BCUT2D eigenvalue weighted by atomic mass is 16.5. The molecule has 1 saturated heterocycles. The molecule has 1 heterocycles. The number of nitrogens with zero attached hydrogens (tertiary/aromatic N) is 1. The van der Waals surface area contributed by atoms with E-state index in [-0.39, 0.29) is 23.5 Å². The van der Waals surface area contributed by atoms with Gasteiger partial charge in [-0.15, -0.1) is 0 Å². The molecule has 0 bridgehead atoms. The summed E-state index contributed by atoms with van der Waals surface area (Å²) in [6.07, 6.45) is 0.289. The number of methoxy groups -OCH3 is 1. The number of ether oxygens (including phenoxy) is 2. The second-order valence-corrected chi connectivity index (χ2v) is 6.42. The van der Waals surface area contributed by atoms with E-state index in [1.165, 1.54) is 7.11 Å². The van der Waals surface area contributed by atoms with Crippen molar-refractivity contribution in [3.05, 3.63) is 41.5 Å². The Labute approximate surface area is 141 Å². The van der Waals surface area contributed by atoms with Crippen LogP contribution >= 0.6 is 0 Å². The van der Waals surface area contributed by atoms with Gasteiger partial charge in [0.1, 0.15) is 11.3 Å². The van der Waals surface area contributed by atoms with Crippen molar-refractivity contribution in [3.63, 3.8) is 0 Å². The molecule has 128 valence electrons. The molecule has 2 aromatic rings. The molecule has 1 aliphatic rings. The zero-order valence-electron chi connectivity index (χ0n) is 14.3. The number of rotatable bonds is 3. The largest absolute Gasteiger partial charge is 0.507 e. The number of fused-ring (bicyclic) bond motifs is 1. The third-order valence-electron chi connectivity index (χ3n) is 4.41. The van der Waals surface area contributed by atoms with E-state index in [1.54, 1.807) is 6.07 Å². The third-order valence-corrected chi connectivity index (χ3v) is 4.41. The van der Waals surface area contributed by atoms with Crippen LogP contribution in [0.25, 0.3) is 10.8 Å². The molecule has 0 aliphatic carbocycles. The van der Waals surface area contributed by atoms with Crippen LogP contribution in [0.15, 0.2) is 30.3 Å². The van der Waals surface area contributed by atoms with Crippen molar-refractivity contribution in [3.8, 4) is 5.75 Å². The van der Waals surface area contributed by atoms with Crippen LogP contribution < -0.4 is 0 Å². The number of hydrogen-bond acceptors (Lipinski definition) is 5. The lowest BCUT2D eigenvalue weighted by atomic mass is 9.98. The number of aromatic hydroxyl groups is 1. The van der Waals surface area contributed by atoms with Gasteiger partial charge in [-0.1, -0.05) is 24.3 Å². The molecule has 1 fully saturated rings. The van der Waals surface area contributed by atoms with Crippen molar-refractivity contribution in [2.45, 2.75) is 32.6 Å². The number of phenols is 1. The van der Waals surface area contributed by atoms with Crippen molar-refractivity contribution in [2.24, 2.45) is 0 Å². The fourth-order valence-corrected chi connectivity index (χ4v) is 3.47. The molecule has 1 aliphatic heterocycles. The third kappa shape index (κ3) is 3.23. The van der Waals surface area contributed by atoms with Gasteiger partial charge in [-0.3, -0.25) is 4.90 Å². The van der Waals surface area contributed by atoms with Gasteiger partial charge in [-0.25, -0.2) is 4.79 Å². The second kappa shape index (κ2) is 6.79. The molecule has 0 spiro atoms. The lowest BCUT2D eigenvalue weighted by Gasteiger charge is -2.35. The van der Waals surface area contributed by atoms with E-state index in [2.05, 4.69) is 4.90 Å². The van der Waals surface area contributed by atoms with Crippen LogP contribution in [-0.4, -0.2) is 48.4 Å². The minimum Gasteiger partial charge on any atom is -0.507 e. The Balaban J connectivity index is 2.05. The van der Waals surface area contributed by atoms with E-state index in [1.807, 2.05) is 38.1 Å². The number of carbonyl (C=O) groups excluding carboxylic acids is 1. The topological polar surface area (TPSA) is 59.0 Å². The maximum absolute atomic E-state index is 12.0. The summed E-state index contributed by atoms with van der Waals surface area (Å²) < 4.78 is 10.6. The molecule has 24 heavy (non-hydrogen) atoms. The molecular formula is C19H23NO4. The number of hydrogen-bond donors (Lipinski definition) is 1. The molecule has 0 saturated carbocycles. The Morgan fingerprint density at radius 2 is 1.96 bits per heavy atom. The monoisotopic (exact) mass is 329 g/mol. The van der Waals surface area contributed by atoms with E-state index in [4.69, 9.17) is 9.47 Å². The average Bonchev–Trinajstić information content (AvgIpc) is 2.55. The van der Waals surface area contributed by atoms with Gasteiger partial charge in [0.2, 0.25) is 0 Å². The van der Waals surface area contributed by atoms with Crippen LogP contribution in [0.3, 0.4) is 0 Å². The van der Waals surface area contributed by atoms with E-state index < -0.39 is 5.97 Å². The molecular weight excluding hydrogens is 306 g/mol. The van der Waals surface area contributed by atoms with Crippen LogP contribution in [0.4, 0.5) is 0 Å². The highest BCUT2D eigenvalue weighted by Gasteiger charge is 2.25. The van der Waals surface area contributed by atoms with E-state index in [9.17, 15) is 9.90 Å². The van der Waals surface area contributed by atoms with Crippen LogP contribution in [0.1, 0.15) is 29.8 Å². The molecule has 1 N–H and O–H groups in total. The van der Waals surface area contributed by atoms with Crippen molar-refractivity contribution >= 4 is 16.7 Å². The Hall–Kier alpha value is -2.11. The Kier molecular flexibility index (Phi) is 4.73. The molecule has 5 heteroatoms. The first kappa shape index (κ1) is 16.7. The molecule has 0 aromatic heterocycles. The van der Waals surface area contributed by atoms with Gasteiger partial charge in [0.05, 0.1) is 19.3 Å². The number of esters is 1. The lowest BCUT2D eigenvalue weighted by molar-refractivity contribution is -0.0705. The Morgan fingerprint density at radius 3 is 2.62 bits per heavy atom. The first-order chi connectivity index (χ1) is 11.5. The first-order valence-electron chi connectivity index (χ1n) is 8.19. The zero-order valence-corrected chi connectivity index (χ0v) is 14.3. The zero-order chi connectivity index (χ0) is 17.3. The van der Waals surface area contributed by atoms with Crippen molar-refractivity contribution < 1.29 is 19.4 Å². The van der Waals surface area contributed by atoms with Gasteiger partial charge in [-0.2, -0.15) is 0 Å². The van der Waals surface area contributed by atoms with Gasteiger partial charge < -0.3 is 14.6 Å². The minimum atomic E-state index is -0.525. The quantitative estimate of drug-likeness (QED) is 0.878. The Bertz CT molecular complexity index is 748. The summed E-state index contributed by atoms with van der Waals surface area (Å²) in [5.41, 5.74) is 0.968. The van der Waals surface area contributed by atoms with E-state index in [0.717, 1.165) is 29.4 Å². The SMILES string of the molecule is COC(=O)c1cc2ccccc2c(CN2C[C@@H](C)O[C@H](C)C2)c1O. The van der Waals surface area contributed by atoms with Crippen LogP contribution in [-0.2, 0) is 16.0 Å². The molecule has 0 radical (unpaired) electrons. The number of carbonyl (C=O) groups is 1. The predicted molar refractivity (Wildman–Crippen MR) is 92.2 cm³/mol. The standard InChI is InChI=1S/C19H23NO4/c1-12-9-20(10-13(2)24-12)11-17-15-7-5-4-6-14(15)8-16(18(17)21)19(22)23-3/h4-8,12-13,21H,9-11H2,1-3H3/t12-,13-/m1/s1. The summed E-state index contributed by atoms with van der Waals surface area (Å²) in [5, 5.41) is 12.6. The summed E-state index contributed by atoms with van der Waals surface area (Å²) in [6.45, 7) is 6.24. The van der Waals surface area contributed by atoms with Gasteiger partial charge >= 0.3 is 5.97 Å². The predicted octanol–water partition coefficient (Wildman–Crippen LogP) is 2.94. The molecule has 2 atom stereocenters. The van der Waals surface area contributed by atoms with Crippen molar-refractivity contribution in [1.29, 1.82) is 0 Å². The van der Waals surface area contributed by atoms with Crippen LogP contribution in [0, 0.1) is 0 Å². The Morgan fingerprint density at radius 1 is 1.29 bits per heavy atom.